The van der Waals surface area contributed by atoms with Crippen molar-refractivity contribution in [3.8, 4) is 5.88 Å². The number of ether oxygens (including phenoxy) is 3. The number of benzene rings is 1. The van der Waals surface area contributed by atoms with Crippen LogP contribution in [0.2, 0.25) is 0 Å². The highest BCUT2D eigenvalue weighted by Gasteiger charge is 2.31. The van der Waals surface area contributed by atoms with Crippen molar-refractivity contribution in [2.24, 2.45) is 4.36 Å². The molecule has 182 valence electrons. The number of pyridine rings is 1. The Kier molecular flexibility index (Phi) is 7.30. The summed E-state index contributed by atoms with van der Waals surface area (Å²) in [5, 5.41) is 4.22. The largest absolute Gasteiger partial charge is 0.468 e. The molecule has 0 radical (unpaired) electrons. The second-order valence-electron chi connectivity index (χ2n) is 8.31. The average Bonchev–Trinajstić information content (AvgIpc) is 3.43. The van der Waals surface area contributed by atoms with Gasteiger partial charge in [-0.25, -0.2) is 19.2 Å². The molecule has 0 aliphatic carbocycles. The van der Waals surface area contributed by atoms with E-state index in [2.05, 4.69) is 24.6 Å². The van der Waals surface area contributed by atoms with E-state index >= 15 is 0 Å². The molecule has 0 unspecified atom stereocenters. The van der Waals surface area contributed by atoms with Gasteiger partial charge < -0.3 is 19.5 Å². The molecule has 0 saturated carbocycles. The Morgan fingerprint density at radius 3 is 2.74 bits per heavy atom. The summed E-state index contributed by atoms with van der Waals surface area (Å²) in [6.45, 7) is 2.92. The summed E-state index contributed by atoms with van der Waals surface area (Å²) < 4.78 is 34.5. The van der Waals surface area contributed by atoms with Crippen molar-refractivity contribution in [3.63, 3.8) is 0 Å². The van der Waals surface area contributed by atoms with Gasteiger partial charge in [-0.15, -0.1) is 0 Å². The summed E-state index contributed by atoms with van der Waals surface area (Å²) in [6, 6.07) is 7.54. The second-order valence-corrected chi connectivity index (χ2v) is 10.9. The van der Waals surface area contributed by atoms with Crippen molar-refractivity contribution in [1.82, 2.24) is 15.0 Å². The Morgan fingerprint density at radius 2 is 1.94 bits per heavy atom. The lowest BCUT2D eigenvalue weighted by atomic mass is 10.1. The van der Waals surface area contributed by atoms with Crippen molar-refractivity contribution in [2.45, 2.75) is 39.4 Å². The highest BCUT2D eigenvalue weighted by Crippen LogP contribution is 2.33. The Labute approximate surface area is 200 Å². The third-order valence-electron chi connectivity index (χ3n) is 5.94. The van der Waals surface area contributed by atoms with Gasteiger partial charge in [0.2, 0.25) is 5.88 Å². The number of hydrogen-bond acceptors (Lipinski definition) is 9. The molecule has 3 aromatic rings. The Bertz CT molecular complexity index is 1280. The smallest absolute Gasteiger partial charge is 0.238 e. The number of hydrogen-bond donors (Lipinski definition) is 1. The van der Waals surface area contributed by atoms with Gasteiger partial charge >= 0.3 is 0 Å². The van der Waals surface area contributed by atoms with Gasteiger partial charge in [-0.2, -0.15) is 4.36 Å². The summed E-state index contributed by atoms with van der Waals surface area (Å²) in [7, 11) is -0.509. The lowest BCUT2D eigenvalue weighted by Crippen LogP contribution is -2.32. The van der Waals surface area contributed by atoms with Crippen molar-refractivity contribution >= 4 is 37.8 Å². The summed E-state index contributed by atoms with van der Waals surface area (Å²) >= 11 is 0. The van der Waals surface area contributed by atoms with E-state index < -0.39 is 9.73 Å². The lowest BCUT2D eigenvalue weighted by Gasteiger charge is -2.19. The fourth-order valence-corrected chi connectivity index (χ4v) is 6.44. The van der Waals surface area contributed by atoms with E-state index in [1.807, 2.05) is 31.2 Å². The summed E-state index contributed by atoms with van der Waals surface area (Å²) in [5.41, 5.74) is 3.07. The topological polar surface area (TPSA) is 108 Å². The molecule has 2 fully saturated rings. The van der Waals surface area contributed by atoms with Gasteiger partial charge in [-0.05, 0) is 49.6 Å². The zero-order valence-corrected chi connectivity index (χ0v) is 19.5. The standard InChI is InChI=1S/C23H27N5O4S.CH4/c1-15-10-16(28-33(29)8-3-4-9-33)11-18-21(15)22(26-14-25-18)27-17-6-5-7-24-23(17)32-20-13-31-12-19(20)30-2;/h5-7,10-11,14,19-20H,3-4,8-9,12-13H2,1-2H3,(H,25,26,27);1H4/t19-,20+;/m0./s1. The van der Waals surface area contributed by atoms with Gasteiger partial charge in [0, 0.05) is 30.2 Å². The van der Waals surface area contributed by atoms with E-state index in [0.717, 1.165) is 29.3 Å². The molecular formula is C24H31N5O4S. The second kappa shape index (κ2) is 10.2. The van der Waals surface area contributed by atoms with E-state index in [0.29, 0.717) is 47.8 Å². The zero-order valence-electron chi connectivity index (χ0n) is 18.7. The van der Waals surface area contributed by atoms with Gasteiger partial charge in [0.1, 0.15) is 23.9 Å². The lowest BCUT2D eigenvalue weighted by molar-refractivity contribution is 0.0311. The summed E-state index contributed by atoms with van der Waals surface area (Å²) in [4.78, 5) is 13.3. The van der Waals surface area contributed by atoms with Crippen molar-refractivity contribution < 1.29 is 18.4 Å². The maximum atomic E-state index is 12.9. The molecule has 9 nitrogen and oxygen atoms in total. The van der Waals surface area contributed by atoms with Gasteiger partial charge in [0.15, 0.2) is 6.10 Å². The fraction of sp³-hybridized carbons (Fsp3) is 0.458. The third-order valence-corrected chi connectivity index (χ3v) is 8.33. The van der Waals surface area contributed by atoms with Crippen LogP contribution in [0.25, 0.3) is 10.9 Å². The van der Waals surface area contributed by atoms with Crippen LogP contribution in [0.5, 0.6) is 5.88 Å². The molecule has 2 saturated heterocycles. The van der Waals surface area contributed by atoms with E-state index in [1.165, 1.54) is 6.33 Å². The number of anilines is 2. The number of nitrogens with zero attached hydrogens (tertiary/aromatic N) is 4. The summed E-state index contributed by atoms with van der Waals surface area (Å²) in [6.07, 6.45) is 4.74. The Balaban J connectivity index is 0.00000274. The van der Waals surface area contributed by atoms with Crippen LogP contribution in [0, 0.1) is 6.92 Å². The normalized spacial score (nSPS) is 21.2. The van der Waals surface area contributed by atoms with Crippen LogP contribution in [0.3, 0.4) is 0 Å². The van der Waals surface area contributed by atoms with Crippen molar-refractivity contribution in [3.05, 3.63) is 42.4 Å². The molecule has 10 heteroatoms. The van der Waals surface area contributed by atoms with E-state index in [9.17, 15) is 4.21 Å². The molecule has 34 heavy (non-hydrogen) atoms. The van der Waals surface area contributed by atoms with Crippen LogP contribution in [-0.2, 0) is 19.2 Å². The first-order valence-electron chi connectivity index (χ1n) is 11.0. The first-order chi connectivity index (χ1) is 16.0. The number of aromatic nitrogens is 3. The van der Waals surface area contributed by atoms with E-state index in [4.69, 9.17) is 14.2 Å². The SMILES string of the molecule is C.CO[C@H]1COC[C@H]1Oc1ncccc1Nc1ncnc2cc(N=S3(=O)CCCC3)cc(C)c12. The highest BCUT2D eigenvalue weighted by atomic mass is 32.2. The molecule has 2 aromatic heterocycles. The van der Waals surface area contributed by atoms with Crippen LogP contribution in [0.1, 0.15) is 25.8 Å². The van der Waals surface area contributed by atoms with E-state index in [1.54, 1.807) is 13.3 Å². The van der Waals surface area contributed by atoms with Crippen LogP contribution >= 0.6 is 0 Å². The minimum Gasteiger partial charge on any atom is -0.468 e. The van der Waals surface area contributed by atoms with Gasteiger partial charge in [-0.1, -0.05) is 7.43 Å². The molecular weight excluding hydrogens is 454 g/mol. The molecule has 2 aliphatic rings. The number of methoxy groups -OCH3 is 1. The van der Waals surface area contributed by atoms with Crippen molar-refractivity contribution in [2.75, 3.05) is 37.1 Å². The molecule has 5 rings (SSSR count). The number of fused-ring (bicyclic) bond motifs is 1. The fourth-order valence-electron chi connectivity index (χ4n) is 4.26. The Morgan fingerprint density at radius 1 is 1.15 bits per heavy atom. The number of aryl methyl sites for hydroxylation is 1. The molecule has 0 spiro atoms. The van der Waals surface area contributed by atoms with Crippen molar-refractivity contribution in [1.29, 1.82) is 0 Å². The van der Waals surface area contributed by atoms with Crippen LogP contribution in [0.15, 0.2) is 41.2 Å². The van der Waals surface area contributed by atoms with Crippen LogP contribution in [0.4, 0.5) is 17.2 Å². The zero-order chi connectivity index (χ0) is 22.8. The maximum Gasteiger partial charge on any atom is 0.238 e. The third kappa shape index (κ3) is 4.98. The number of nitrogens with one attached hydrogen (secondary N) is 1. The van der Waals surface area contributed by atoms with Crippen LogP contribution in [-0.4, -0.2) is 63.2 Å². The van der Waals surface area contributed by atoms with Gasteiger partial charge in [-0.3, -0.25) is 0 Å². The molecule has 1 N–H and O–H groups in total. The Hall–Kier alpha value is -2.82. The predicted octanol–water partition coefficient (Wildman–Crippen LogP) is 4.40. The maximum absolute atomic E-state index is 12.9. The average molecular weight is 486 g/mol. The molecule has 4 heterocycles. The quantitative estimate of drug-likeness (QED) is 0.547. The first kappa shape index (κ1) is 24.3. The van der Waals surface area contributed by atoms with Gasteiger partial charge in [0.05, 0.1) is 34.1 Å². The highest BCUT2D eigenvalue weighted by molar-refractivity contribution is 7.93. The number of rotatable bonds is 6. The first-order valence-corrected chi connectivity index (χ1v) is 12.9. The minimum absolute atomic E-state index is 0. The van der Waals surface area contributed by atoms with Gasteiger partial charge in [0.25, 0.3) is 0 Å². The molecule has 2 aliphatic heterocycles. The molecule has 1 aromatic carbocycles. The molecule has 2 atom stereocenters. The van der Waals surface area contributed by atoms with E-state index in [-0.39, 0.29) is 19.6 Å². The molecule has 0 amide bonds. The van der Waals surface area contributed by atoms with Crippen LogP contribution < -0.4 is 10.1 Å². The predicted molar refractivity (Wildman–Crippen MR) is 134 cm³/mol. The summed E-state index contributed by atoms with van der Waals surface area (Å²) in [5.74, 6) is 2.42. The minimum atomic E-state index is -2.15. The monoisotopic (exact) mass is 485 g/mol. The molecule has 0 bridgehead atoms.